The average Bonchev–Trinajstić information content (AvgIpc) is 2.60. The van der Waals surface area contributed by atoms with Crippen LogP contribution < -0.4 is 0 Å². The van der Waals surface area contributed by atoms with Crippen molar-refractivity contribution in [3.8, 4) is 0 Å². The van der Waals surface area contributed by atoms with Crippen LogP contribution in [0.3, 0.4) is 0 Å². The number of aryl methyl sites for hydroxylation is 1. The van der Waals surface area contributed by atoms with Crippen molar-refractivity contribution >= 4 is 17.7 Å². The maximum Gasteiger partial charge on any atom is 0.304 e. The van der Waals surface area contributed by atoms with E-state index in [1.54, 1.807) is 11.8 Å². The lowest BCUT2D eigenvalue weighted by Gasteiger charge is -2.08. The van der Waals surface area contributed by atoms with E-state index in [2.05, 4.69) is 10.1 Å². The molecule has 1 unspecified atom stereocenters. The third-order valence-electron chi connectivity index (χ3n) is 1.95. The van der Waals surface area contributed by atoms with Gasteiger partial charge in [-0.25, -0.2) is 9.67 Å². The van der Waals surface area contributed by atoms with Gasteiger partial charge in [0, 0.05) is 11.8 Å². The molecule has 5 nitrogen and oxygen atoms in total. The zero-order valence-corrected chi connectivity index (χ0v) is 9.70. The van der Waals surface area contributed by atoms with E-state index in [9.17, 15) is 4.79 Å². The number of hydrogen-bond acceptors (Lipinski definition) is 4. The summed E-state index contributed by atoms with van der Waals surface area (Å²) in [5.41, 5.74) is 0. The molecule has 1 atom stereocenters. The molecule has 0 radical (unpaired) electrons. The molecule has 1 rings (SSSR count). The van der Waals surface area contributed by atoms with Crippen molar-refractivity contribution in [2.45, 2.75) is 37.8 Å². The van der Waals surface area contributed by atoms with Crippen molar-refractivity contribution in [1.29, 1.82) is 0 Å². The molecule has 15 heavy (non-hydrogen) atoms. The molecule has 0 amide bonds. The lowest BCUT2D eigenvalue weighted by molar-refractivity contribution is -0.136. The van der Waals surface area contributed by atoms with Gasteiger partial charge < -0.3 is 5.11 Å². The highest BCUT2D eigenvalue weighted by molar-refractivity contribution is 7.99. The normalized spacial score (nSPS) is 12.7. The van der Waals surface area contributed by atoms with Gasteiger partial charge in [-0.15, -0.1) is 0 Å². The van der Waals surface area contributed by atoms with E-state index < -0.39 is 5.97 Å². The standard InChI is InChI=1S/C9H15N3O2S/c1-3-12-8(10-6-11-12)5-15-7(2)4-9(13)14/h6-7H,3-5H2,1-2H3,(H,13,14). The van der Waals surface area contributed by atoms with E-state index in [-0.39, 0.29) is 11.7 Å². The average molecular weight is 229 g/mol. The highest BCUT2D eigenvalue weighted by Crippen LogP contribution is 2.18. The molecule has 0 aliphatic rings. The lowest BCUT2D eigenvalue weighted by Crippen LogP contribution is -2.08. The van der Waals surface area contributed by atoms with Crippen molar-refractivity contribution in [2.75, 3.05) is 0 Å². The number of thioether (sulfide) groups is 1. The zero-order chi connectivity index (χ0) is 11.3. The Morgan fingerprint density at radius 2 is 2.47 bits per heavy atom. The number of rotatable bonds is 6. The summed E-state index contributed by atoms with van der Waals surface area (Å²) in [5.74, 6) is 0.856. The van der Waals surface area contributed by atoms with Crippen LogP contribution in [0.1, 0.15) is 26.1 Å². The van der Waals surface area contributed by atoms with Gasteiger partial charge in [0.15, 0.2) is 0 Å². The number of carboxylic acids is 1. The molecular formula is C9H15N3O2S. The molecular weight excluding hydrogens is 214 g/mol. The summed E-state index contributed by atoms with van der Waals surface area (Å²) < 4.78 is 1.82. The molecule has 0 fully saturated rings. The Hall–Kier alpha value is -1.04. The van der Waals surface area contributed by atoms with E-state index in [1.807, 2.05) is 18.5 Å². The molecule has 1 heterocycles. The molecule has 0 aromatic carbocycles. The SMILES string of the molecule is CCn1ncnc1CSC(C)CC(=O)O. The third-order valence-corrected chi connectivity index (χ3v) is 3.11. The van der Waals surface area contributed by atoms with E-state index in [1.165, 1.54) is 6.33 Å². The molecule has 84 valence electrons. The van der Waals surface area contributed by atoms with Gasteiger partial charge in [0.1, 0.15) is 12.2 Å². The Morgan fingerprint density at radius 1 is 1.73 bits per heavy atom. The summed E-state index contributed by atoms with van der Waals surface area (Å²) in [4.78, 5) is 14.6. The van der Waals surface area contributed by atoms with Gasteiger partial charge >= 0.3 is 5.97 Å². The molecule has 0 bridgehead atoms. The predicted molar refractivity (Wildman–Crippen MR) is 58.7 cm³/mol. The summed E-state index contributed by atoms with van der Waals surface area (Å²) in [6, 6.07) is 0. The molecule has 6 heteroatoms. The van der Waals surface area contributed by atoms with E-state index >= 15 is 0 Å². The number of aliphatic carboxylic acids is 1. The molecule has 1 aromatic rings. The molecule has 0 aliphatic carbocycles. The summed E-state index contributed by atoms with van der Waals surface area (Å²) in [6.45, 7) is 4.71. The Balaban J connectivity index is 2.39. The first kappa shape index (κ1) is 12.0. The Morgan fingerprint density at radius 3 is 3.07 bits per heavy atom. The molecule has 0 saturated carbocycles. The van der Waals surface area contributed by atoms with Gasteiger partial charge in [-0.05, 0) is 6.92 Å². The minimum absolute atomic E-state index is 0.101. The van der Waals surface area contributed by atoms with Crippen molar-refractivity contribution in [2.24, 2.45) is 0 Å². The summed E-state index contributed by atoms with van der Waals surface area (Å²) in [6.07, 6.45) is 1.71. The van der Waals surface area contributed by atoms with Gasteiger partial charge in [0.25, 0.3) is 0 Å². The molecule has 0 spiro atoms. The van der Waals surface area contributed by atoms with Crippen molar-refractivity contribution in [3.05, 3.63) is 12.2 Å². The second-order valence-electron chi connectivity index (χ2n) is 3.21. The maximum atomic E-state index is 10.4. The number of aromatic nitrogens is 3. The topological polar surface area (TPSA) is 68.0 Å². The van der Waals surface area contributed by atoms with Crippen LogP contribution in [-0.4, -0.2) is 31.1 Å². The minimum atomic E-state index is -0.757. The van der Waals surface area contributed by atoms with Gasteiger partial charge in [0.2, 0.25) is 0 Å². The fourth-order valence-corrected chi connectivity index (χ4v) is 2.10. The highest BCUT2D eigenvalue weighted by Gasteiger charge is 2.10. The van der Waals surface area contributed by atoms with E-state index in [0.29, 0.717) is 5.75 Å². The van der Waals surface area contributed by atoms with E-state index in [4.69, 9.17) is 5.11 Å². The van der Waals surface area contributed by atoms with Gasteiger partial charge in [-0.1, -0.05) is 6.92 Å². The van der Waals surface area contributed by atoms with Crippen LogP contribution in [0.5, 0.6) is 0 Å². The highest BCUT2D eigenvalue weighted by atomic mass is 32.2. The van der Waals surface area contributed by atoms with Crippen LogP contribution >= 0.6 is 11.8 Å². The van der Waals surface area contributed by atoms with Crippen molar-refractivity contribution in [3.63, 3.8) is 0 Å². The molecule has 0 saturated heterocycles. The second kappa shape index (κ2) is 5.75. The van der Waals surface area contributed by atoms with Crippen LogP contribution in [0.2, 0.25) is 0 Å². The first-order chi connectivity index (χ1) is 7.13. The zero-order valence-electron chi connectivity index (χ0n) is 8.88. The Labute approximate surface area is 92.9 Å². The summed E-state index contributed by atoms with van der Waals surface area (Å²) in [5, 5.41) is 12.7. The smallest absolute Gasteiger partial charge is 0.304 e. The third kappa shape index (κ3) is 3.91. The number of carbonyl (C=O) groups is 1. The van der Waals surface area contributed by atoms with Crippen molar-refractivity contribution < 1.29 is 9.90 Å². The van der Waals surface area contributed by atoms with Crippen LogP contribution in [0.4, 0.5) is 0 Å². The monoisotopic (exact) mass is 229 g/mol. The maximum absolute atomic E-state index is 10.4. The van der Waals surface area contributed by atoms with Gasteiger partial charge in [-0.2, -0.15) is 16.9 Å². The summed E-state index contributed by atoms with van der Waals surface area (Å²) in [7, 11) is 0. The van der Waals surface area contributed by atoms with Gasteiger partial charge in [-0.3, -0.25) is 4.79 Å². The second-order valence-corrected chi connectivity index (χ2v) is 4.64. The van der Waals surface area contributed by atoms with Crippen LogP contribution in [0, 0.1) is 0 Å². The lowest BCUT2D eigenvalue weighted by atomic mass is 10.3. The van der Waals surface area contributed by atoms with Gasteiger partial charge in [0.05, 0.1) is 12.2 Å². The Bertz CT molecular complexity index is 327. The number of nitrogens with zero attached hydrogens (tertiary/aromatic N) is 3. The van der Waals surface area contributed by atoms with E-state index in [0.717, 1.165) is 12.4 Å². The first-order valence-corrected chi connectivity index (χ1v) is 5.88. The van der Waals surface area contributed by atoms with Crippen LogP contribution in [-0.2, 0) is 17.1 Å². The fraction of sp³-hybridized carbons (Fsp3) is 0.667. The molecule has 0 aliphatic heterocycles. The Kier molecular flexibility index (Phi) is 4.61. The van der Waals surface area contributed by atoms with Crippen LogP contribution in [0.15, 0.2) is 6.33 Å². The first-order valence-electron chi connectivity index (χ1n) is 4.83. The largest absolute Gasteiger partial charge is 0.481 e. The predicted octanol–water partition coefficient (Wildman–Crippen LogP) is 1.39. The minimum Gasteiger partial charge on any atom is -0.481 e. The molecule has 1 aromatic heterocycles. The van der Waals surface area contributed by atoms with Crippen molar-refractivity contribution in [1.82, 2.24) is 14.8 Å². The quantitative estimate of drug-likeness (QED) is 0.798. The molecule has 1 N–H and O–H groups in total. The number of carboxylic acid groups (broad SMARTS) is 1. The summed E-state index contributed by atoms with van der Waals surface area (Å²) >= 11 is 1.59. The number of hydrogen-bond donors (Lipinski definition) is 1. The fourth-order valence-electron chi connectivity index (χ4n) is 1.19. The van der Waals surface area contributed by atoms with Crippen LogP contribution in [0.25, 0.3) is 0 Å².